The third-order valence-electron chi connectivity index (χ3n) is 4.63. The lowest BCUT2D eigenvalue weighted by molar-refractivity contribution is -0.0979. The standard InChI is InChI=1S/C15H15F5O5S/c1-24-7-4-8(5-7)25-10-2-3-11(26(22,23)15(18,19)20)12-9(10)6-14(16,17)13(12)21/h2-3,7-8,13,21H,4-6H2,1H3/t7?,8?,13-/m0/s1. The van der Waals surface area contributed by atoms with E-state index >= 15 is 0 Å². The summed E-state index contributed by atoms with van der Waals surface area (Å²) in [6.45, 7) is 0. The number of rotatable bonds is 4. The number of methoxy groups -OCH3 is 1. The van der Waals surface area contributed by atoms with Crippen LogP contribution in [-0.2, 0) is 21.0 Å². The lowest BCUT2D eigenvalue weighted by atomic mass is 9.92. The second-order valence-electron chi connectivity index (χ2n) is 6.31. The summed E-state index contributed by atoms with van der Waals surface area (Å²) < 4.78 is 100. The number of hydrogen-bond acceptors (Lipinski definition) is 5. The molecule has 0 radical (unpaired) electrons. The minimum Gasteiger partial charge on any atom is -0.490 e. The van der Waals surface area contributed by atoms with Crippen molar-refractivity contribution < 1.29 is 45.0 Å². The van der Waals surface area contributed by atoms with Gasteiger partial charge in [-0.1, -0.05) is 0 Å². The predicted octanol–water partition coefficient (Wildman–Crippen LogP) is 2.76. The first kappa shape index (κ1) is 19.3. The minimum absolute atomic E-state index is 0.0649. The third-order valence-corrected chi connectivity index (χ3v) is 6.18. The van der Waals surface area contributed by atoms with Crippen molar-refractivity contribution in [2.45, 2.75) is 53.9 Å². The van der Waals surface area contributed by atoms with Gasteiger partial charge < -0.3 is 14.6 Å². The van der Waals surface area contributed by atoms with E-state index in [1.165, 1.54) is 7.11 Å². The second kappa shape index (κ2) is 6.03. The number of halogens is 5. The molecule has 0 unspecified atom stereocenters. The van der Waals surface area contributed by atoms with Gasteiger partial charge in [-0.3, -0.25) is 0 Å². The Balaban J connectivity index is 2.05. The van der Waals surface area contributed by atoms with Crippen molar-refractivity contribution in [1.82, 2.24) is 0 Å². The average molecular weight is 402 g/mol. The Labute approximate surface area is 145 Å². The highest BCUT2D eigenvalue weighted by Crippen LogP contribution is 2.51. The molecule has 0 aliphatic heterocycles. The highest BCUT2D eigenvalue weighted by molar-refractivity contribution is 7.92. The molecular formula is C15H15F5O5S. The van der Waals surface area contributed by atoms with E-state index < -0.39 is 49.8 Å². The van der Waals surface area contributed by atoms with Crippen molar-refractivity contribution in [1.29, 1.82) is 0 Å². The van der Waals surface area contributed by atoms with Crippen LogP contribution < -0.4 is 4.74 Å². The van der Waals surface area contributed by atoms with Gasteiger partial charge in [0.25, 0.3) is 15.8 Å². The van der Waals surface area contributed by atoms with Gasteiger partial charge in [0, 0.05) is 37.5 Å². The van der Waals surface area contributed by atoms with Gasteiger partial charge in [0.15, 0.2) is 0 Å². The summed E-state index contributed by atoms with van der Waals surface area (Å²) >= 11 is 0. The molecule has 26 heavy (non-hydrogen) atoms. The molecule has 0 spiro atoms. The summed E-state index contributed by atoms with van der Waals surface area (Å²) in [5, 5.41) is 9.77. The number of hydrogen-bond donors (Lipinski definition) is 1. The van der Waals surface area contributed by atoms with E-state index in [0.29, 0.717) is 18.9 Å². The molecule has 0 heterocycles. The zero-order chi connectivity index (χ0) is 19.5. The lowest BCUT2D eigenvalue weighted by Crippen LogP contribution is -2.39. The maximum Gasteiger partial charge on any atom is 0.501 e. The number of alkyl halides is 5. The van der Waals surface area contributed by atoms with Gasteiger partial charge in [-0.05, 0) is 12.1 Å². The number of aliphatic hydroxyl groups excluding tert-OH is 1. The molecule has 146 valence electrons. The molecule has 0 bridgehead atoms. The minimum atomic E-state index is -5.90. The molecular weight excluding hydrogens is 387 g/mol. The maximum absolute atomic E-state index is 13.9. The Bertz CT molecular complexity index is 814. The highest BCUT2D eigenvalue weighted by atomic mass is 32.2. The van der Waals surface area contributed by atoms with Crippen molar-refractivity contribution in [3.8, 4) is 5.75 Å². The molecule has 2 aliphatic rings. The molecule has 11 heteroatoms. The molecule has 1 atom stereocenters. The Morgan fingerprint density at radius 2 is 1.81 bits per heavy atom. The molecule has 1 N–H and O–H groups in total. The lowest BCUT2D eigenvalue weighted by Gasteiger charge is -2.34. The number of sulfone groups is 1. The van der Waals surface area contributed by atoms with Crippen molar-refractivity contribution in [3.63, 3.8) is 0 Å². The monoisotopic (exact) mass is 402 g/mol. The summed E-state index contributed by atoms with van der Waals surface area (Å²) in [4.78, 5) is -1.37. The van der Waals surface area contributed by atoms with Gasteiger partial charge >= 0.3 is 5.51 Å². The molecule has 1 aromatic rings. The van der Waals surface area contributed by atoms with Crippen LogP contribution in [0.15, 0.2) is 17.0 Å². The molecule has 0 saturated heterocycles. The zero-order valence-corrected chi connectivity index (χ0v) is 14.2. The van der Waals surface area contributed by atoms with Crippen LogP contribution in [0.4, 0.5) is 22.0 Å². The molecule has 5 nitrogen and oxygen atoms in total. The smallest absolute Gasteiger partial charge is 0.490 e. The SMILES string of the molecule is COC1CC(Oc2ccc(S(=O)(=O)C(F)(F)F)c3c2CC(F)(F)[C@H]3O)C1. The van der Waals surface area contributed by atoms with Crippen LogP contribution in [0.2, 0.25) is 0 Å². The fourth-order valence-corrected chi connectivity index (χ4v) is 4.12. The summed E-state index contributed by atoms with van der Waals surface area (Å²) in [5.41, 5.74) is -7.05. The van der Waals surface area contributed by atoms with Gasteiger partial charge in [-0.25, -0.2) is 17.2 Å². The van der Waals surface area contributed by atoms with Gasteiger partial charge in [0.2, 0.25) is 0 Å². The van der Waals surface area contributed by atoms with Gasteiger partial charge in [-0.2, -0.15) is 13.2 Å². The zero-order valence-electron chi connectivity index (χ0n) is 13.4. The van der Waals surface area contributed by atoms with E-state index in [9.17, 15) is 35.5 Å². The van der Waals surface area contributed by atoms with Crippen LogP contribution in [0.25, 0.3) is 0 Å². The Morgan fingerprint density at radius 1 is 1.19 bits per heavy atom. The summed E-state index contributed by atoms with van der Waals surface area (Å²) in [7, 11) is -4.41. The number of fused-ring (bicyclic) bond motifs is 1. The summed E-state index contributed by atoms with van der Waals surface area (Å²) in [6.07, 6.45) is -3.30. The largest absolute Gasteiger partial charge is 0.501 e. The summed E-state index contributed by atoms with van der Waals surface area (Å²) in [5.74, 6) is -3.95. The van der Waals surface area contributed by atoms with E-state index in [1.807, 2.05) is 0 Å². The van der Waals surface area contributed by atoms with Crippen LogP contribution in [0.5, 0.6) is 5.75 Å². The molecule has 3 rings (SSSR count). The highest BCUT2D eigenvalue weighted by Gasteiger charge is 2.55. The first-order valence-corrected chi connectivity index (χ1v) is 9.09. The molecule has 0 aromatic heterocycles. The van der Waals surface area contributed by atoms with Crippen LogP contribution in [0.3, 0.4) is 0 Å². The second-order valence-corrected chi connectivity index (χ2v) is 8.22. The first-order valence-electron chi connectivity index (χ1n) is 7.61. The van der Waals surface area contributed by atoms with Crippen molar-refractivity contribution >= 4 is 9.84 Å². The van der Waals surface area contributed by atoms with Crippen LogP contribution in [-0.4, -0.2) is 44.3 Å². The molecule has 0 amide bonds. The van der Waals surface area contributed by atoms with E-state index in [-0.39, 0.29) is 18.0 Å². The third kappa shape index (κ3) is 2.95. The molecule has 1 saturated carbocycles. The van der Waals surface area contributed by atoms with Crippen molar-refractivity contribution in [3.05, 3.63) is 23.3 Å². The van der Waals surface area contributed by atoms with Gasteiger partial charge in [0.05, 0.1) is 11.0 Å². The Morgan fingerprint density at radius 3 is 2.35 bits per heavy atom. The fourth-order valence-electron chi connectivity index (χ4n) is 3.10. The van der Waals surface area contributed by atoms with E-state index in [2.05, 4.69) is 0 Å². The molecule has 1 fully saturated rings. The number of ether oxygens (including phenoxy) is 2. The van der Waals surface area contributed by atoms with Crippen LogP contribution in [0, 0.1) is 0 Å². The Hall–Kier alpha value is -1.46. The van der Waals surface area contributed by atoms with Crippen LogP contribution in [0.1, 0.15) is 30.1 Å². The molecule has 1 aromatic carbocycles. The number of benzene rings is 1. The number of aliphatic hydroxyl groups is 1. The Kier molecular flexibility index (Phi) is 4.48. The van der Waals surface area contributed by atoms with Crippen molar-refractivity contribution in [2.24, 2.45) is 0 Å². The summed E-state index contributed by atoms with van der Waals surface area (Å²) in [6, 6.07) is 1.47. The fraction of sp³-hybridized carbons (Fsp3) is 0.600. The van der Waals surface area contributed by atoms with E-state index in [1.54, 1.807) is 0 Å². The first-order chi connectivity index (χ1) is 11.9. The quantitative estimate of drug-likeness (QED) is 0.785. The predicted molar refractivity (Wildman–Crippen MR) is 77.7 cm³/mol. The van der Waals surface area contributed by atoms with E-state index in [0.717, 1.165) is 6.07 Å². The maximum atomic E-state index is 13.9. The van der Waals surface area contributed by atoms with Crippen LogP contribution >= 0.6 is 0 Å². The topological polar surface area (TPSA) is 72.8 Å². The van der Waals surface area contributed by atoms with Crippen molar-refractivity contribution in [2.75, 3.05) is 7.11 Å². The van der Waals surface area contributed by atoms with E-state index in [4.69, 9.17) is 9.47 Å². The molecule has 2 aliphatic carbocycles. The van der Waals surface area contributed by atoms with Gasteiger partial charge in [0.1, 0.15) is 18.0 Å². The average Bonchev–Trinajstić information content (AvgIpc) is 2.72. The normalized spacial score (nSPS) is 27.7. The van der Waals surface area contributed by atoms with Gasteiger partial charge in [-0.15, -0.1) is 0 Å².